The van der Waals surface area contributed by atoms with Gasteiger partial charge in [0.2, 0.25) is 0 Å². The quantitative estimate of drug-likeness (QED) is 0.770. The summed E-state index contributed by atoms with van der Waals surface area (Å²) >= 11 is 0. The van der Waals surface area contributed by atoms with E-state index >= 15 is 0 Å². The number of para-hydroxylation sites is 2. The summed E-state index contributed by atoms with van der Waals surface area (Å²) in [6, 6.07) is 13.5. The highest BCUT2D eigenvalue weighted by Crippen LogP contribution is 2.32. The molecular weight excluding hydrogens is 352 g/mol. The maximum absolute atomic E-state index is 10.8. The molecule has 2 N–H and O–H groups in total. The van der Waals surface area contributed by atoms with Gasteiger partial charge in [0.15, 0.2) is 0 Å². The molecule has 2 fully saturated rings. The van der Waals surface area contributed by atoms with E-state index < -0.39 is 0 Å². The first-order valence-electron chi connectivity index (χ1n) is 10.5. The number of hydrogen-bond donors (Lipinski definition) is 2. The zero-order chi connectivity index (χ0) is 19.5. The average molecular weight is 383 g/mol. The van der Waals surface area contributed by atoms with Gasteiger partial charge in [0, 0.05) is 19.3 Å². The molecule has 0 spiro atoms. The second-order valence-electron chi connectivity index (χ2n) is 8.27. The second kappa shape index (κ2) is 8.54. The van der Waals surface area contributed by atoms with E-state index in [1.54, 1.807) is 6.07 Å². The van der Waals surface area contributed by atoms with Crippen LogP contribution in [0.25, 0.3) is 0 Å². The lowest BCUT2D eigenvalue weighted by Gasteiger charge is -2.17. The zero-order valence-electron chi connectivity index (χ0n) is 16.5. The fraction of sp³-hybridized carbons (Fsp3) is 0.500. The smallest absolute Gasteiger partial charge is 0.122 e. The maximum Gasteiger partial charge on any atom is 0.122 e. The van der Waals surface area contributed by atoms with Crippen LogP contribution in [0.1, 0.15) is 49.3 Å². The number of phenols is 2. The van der Waals surface area contributed by atoms with Crippen LogP contribution >= 0.6 is 0 Å². The number of aromatic hydroxyl groups is 2. The molecule has 4 atom stereocenters. The van der Waals surface area contributed by atoms with Gasteiger partial charge in [-0.05, 0) is 55.4 Å². The van der Waals surface area contributed by atoms with Crippen molar-refractivity contribution >= 4 is 0 Å². The Bertz CT molecular complexity index is 803. The molecule has 4 rings (SSSR count). The van der Waals surface area contributed by atoms with E-state index in [1.165, 1.54) is 0 Å². The highest BCUT2D eigenvalue weighted by molar-refractivity contribution is 5.41. The molecule has 0 aliphatic carbocycles. The predicted molar refractivity (Wildman–Crippen MR) is 109 cm³/mol. The number of phenolic OH excluding ortho intramolecular Hbond substituents is 2. The minimum absolute atomic E-state index is 0.111. The largest absolute Gasteiger partial charge is 0.508 e. The molecule has 2 heterocycles. The lowest BCUT2D eigenvalue weighted by atomic mass is 9.98. The van der Waals surface area contributed by atoms with Gasteiger partial charge in [-0.1, -0.05) is 36.4 Å². The molecule has 0 saturated carbocycles. The third kappa shape index (κ3) is 4.50. The Morgan fingerprint density at radius 1 is 0.714 bits per heavy atom. The van der Waals surface area contributed by atoms with Gasteiger partial charge in [0.25, 0.3) is 0 Å². The van der Waals surface area contributed by atoms with Gasteiger partial charge in [0.1, 0.15) is 11.5 Å². The van der Waals surface area contributed by atoms with Crippen molar-refractivity contribution in [3.63, 3.8) is 0 Å². The van der Waals surface area contributed by atoms with Crippen molar-refractivity contribution in [1.82, 2.24) is 0 Å². The van der Waals surface area contributed by atoms with Crippen LogP contribution in [0.4, 0.5) is 0 Å². The van der Waals surface area contributed by atoms with Crippen LogP contribution in [0.2, 0.25) is 0 Å². The first-order valence-corrected chi connectivity index (χ1v) is 10.5. The average Bonchev–Trinajstić information content (AvgIpc) is 3.29. The van der Waals surface area contributed by atoms with Crippen LogP contribution in [0.5, 0.6) is 11.5 Å². The molecule has 4 unspecified atom stereocenters. The van der Waals surface area contributed by atoms with Gasteiger partial charge in [-0.2, -0.15) is 0 Å². The molecule has 0 radical (unpaired) electrons. The molecule has 28 heavy (non-hydrogen) atoms. The van der Waals surface area contributed by atoms with Crippen LogP contribution in [0.15, 0.2) is 42.5 Å². The van der Waals surface area contributed by atoms with Crippen molar-refractivity contribution in [3.05, 3.63) is 59.2 Å². The van der Waals surface area contributed by atoms with Crippen molar-refractivity contribution in [1.29, 1.82) is 0 Å². The van der Waals surface area contributed by atoms with Crippen molar-refractivity contribution in [2.24, 2.45) is 0 Å². The summed E-state index contributed by atoms with van der Waals surface area (Å²) in [7, 11) is 0. The third-order valence-electron chi connectivity index (χ3n) is 6.05. The molecule has 4 nitrogen and oxygen atoms in total. The molecule has 2 saturated heterocycles. The molecular formula is C24H30O4. The summed E-state index contributed by atoms with van der Waals surface area (Å²) in [5.41, 5.74) is 2.86. The third-order valence-corrected chi connectivity index (χ3v) is 6.05. The summed E-state index contributed by atoms with van der Waals surface area (Å²) in [5, 5.41) is 20.7. The van der Waals surface area contributed by atoms with Crippen molar-refractivity contribution < 1.29 is 19.7 Å². The number of ether oxygens (including phenoxy) is 2. The normalized spacial score (nSPS) is 27.3. The Hall–Kier alpha value is -2.04. The van der Waals surface area contributed by atoms with Crippen LogP contribution in [-0.2, 0) is 28.7 Å². The van der Waals surface area contributed by atoms with E-state index in [-0.39, 0.29) is 18.3 Å². The Morgan fingerprint density at radius 3 is 1.86 bits per heavy atom. The fourth-order valence-electron chi connectivity index (χ4n) is 4.51. The minimum atomic E-state index is 0.111. The molecule has 0 bridgehead atoms. The maximum atomic E-state index is 10.8. The van der Waals surface area contributed by atoms with Gasteiger partial charge >= 0.3 is 0 Å². The standard InChI is InChI=1S/C24H30O4/c1-16-9-10-20(27-16)14-18-6-4-7-19(24(18)26)15-22-12-11-21(28-22)13-17-5-2-3-8-23(17)25/h2-8,16,20-22,25-26H,9-15H2,1H3. The topological polar surface area (TPSA) is 58.9 Å². The number of hydrogen-bond acceptors (Lipinski definition) is 4. The molecule has 4 heteroatoms. The SMILES string of the molecule is CC1CCC(Cc2cccc(CC3CCC(Cc4ccccc4O)O3)c2O)O1. The summed E-state index contributed by atoms with van der Waals surface area (Å²) in [5.74, 6) is 0.738. The lowest BCUT2D eigenvalue weighted by Crippen LogP contribution is -2.16. The summed E-state index contributed by atoms with van der Waals surface area (Å²) < 4.78 is 12.1. The van der Waals surface area contributed by atoms with Crippen molar-refractivity contribution in [3.8, 4) is 11.5 Å². The van der Waals surface area contributed by atoms with Gasteiger partial charge < -0.3 is 19.7 Å². The van der Waals surface area contributed by atoms with Crippen LogP contribution in [0, 0.1) is 0 Å². The minimum Gasteiger partial charge on any atom is -0.508 e. The van der Waals surface area contributed by atoms with Gasteiger partial charge in [-0.15, -0.1) is 0 Å². The van der Waals surface area contributed by atoms with Crippen molar-refractivity contribution in [2.45, 2.75) is 76.3 Å². The van der Waals surface area contributed by atoms with E-state index in [1.807, 2.05) is 36.4 Å². The summed E-state index contributed by atoms with van der Waals surface area (Å²) in [4.78, 5) is 0. The van der Waals surface area contributed by atoms with E-state index in [2.05, 4.69) is 6.92 Å². The molecule has 2 aromatic rings. The summed E-state index contributed by atoms with van der Waals surface area (Å²) in [6.45, 7) is 2.11. The van der Waals surface area contributed by atoms with Crippen LogP contribution < -0.4 is 0 Å². The van der Waals surface area contributed by atoms with Gasteiger partial charge in [0.05, 0.1) is 24.4 Å². The zero-order valence-corrected chi connectivity index (χ0v) is 16.5. The van der Waals surface area contributed by atoms with E-state index in [4.69, 9.17) is 9.47 Å². The first-order chi connectivity index (χ1) is 13.6. The van der Waals surface area contributed by atoms with Gasteiger partial charge in [-0.3, -0.25) is 0 Å². The lowest BCUT2D eigenvalue weighted by molar-refractivity contribution is 0.0454. The molecule has 2 aliphatic heterocycles. The molecule has 0 amide bonds. The number of benzene rings is 2. The van der Waals surface area contributed by atoms with Gasteiger partial charge in [-0.25, -0.2) is 0 Å². The predicted octanol–water partition coefficient (Wildman–Crippen LogP) is 4.54. The second-order valence-corrected chi connectivity index (χ2v) is 8.27. The summed E-state index contributed by atoms with van der Waals surface area (Å²) in [6.07, 6.45) is 7.10. The molecule has 2 aliphatic rings. The highest BCUT2D eigenvalue weighted by Gasteiger charge is 2.28. The molecule has 2 aromatic carbocycles. The molecule has 0 aromatic heterocycles. The highest BCUT2D eigenvalue weighted by atomic mass is 16.5. The Morgan fingerprint density at radius 2 is 1.25 bits per heavy atom. The van der Waals surface area contributed by atoms with E-state index in [9.17, 15) is 10.2 Å². The van der Waals surface area contributed by atoms with Crippen LogP contribution in [-0.4, -0.2) is 34.6 Å². The molecule has 150 valence electrons. The van der Waals surface area contributed by atoms with E-state index in [0.717, 1.165) is 61.6 Å². The van der Waals surface area contributed by atoms with Crippen molar-refractivity contribution in [2.75, 3.05) is 0 Å². The monoisotopic (exact) mass is 382 g/mol. The fourth-order valence-corrected chi connectivity index (χ4v) is 4.51. The Balaban J connectivity index is 1.35. The van der Waals surface area contributed by atoms with Crippen LogP contribution in [0.3, 0.4) is 0 Å². The Kier molecular flexibility index (Phi) is 5.88. The Labute approximate surface area is 167 Å². The first kappa shape index (κ1) is 19.3. The van der Waals surface area contributed by atoms with E-state index in [0.29, 0.717) is 17.6 Å². The number of rotatable bonds is 6.